The molecule has 0 spiro atoms. The van der Waals surface area contributed by atoms with Crippen molar-refractivity contribution in [3.63, 3.8) is 0 Å². The summed E-state index contributed by atoms with van der Waals surface area (Å²) in [6.07, 6.45) is -0.304. The maximum Gasteiger partial charge on any atom is 0.323 e. The average molecular weight is 295 g/mol. The number of rotatable bonds is 7. The lowest BCUT2D eigenvalue weighted by Gasteiger charge is -2.25. The molecule has 0 heterocycles. The number of benzene rings is 1. The Labute approximate surface area is 121 Å². The van der Waals surface area contributed by atoms with Gasteiger partial charge in [-0.3, -0.25) is 19.7 Å². The zero-order valence-electron chi connectivity index (χ0n) is 11.9. The summed E-state index contributed by atoms with van der Waals surface area (Å²) in [5.41, 5.74) is -1.83. The van der Waals surface area contributed by atoms with Crippen molar-refractivity contribution in [3.8, 4) is 0 Å². The quantitative estimate of drug-likeness (QED) is 0.357. The van der Waals surface area contributed by atoms with E-state index in [1.165, 1.54) is 18.2 Å². The molecule has 0 amide bonds. The van der Waals surface area contributed by atoms with E-state index in [2.05, 4.69) is 0 Å². The maximum absolute atomic E-state index is 12.1. The second-order valence-corrected chi connectivity index (χ2v) is 4.52. The van der Waals surface area contributed by atoms with E-state index in [0.29, 0.717) is 0 Å². The highest BCUT2D eigenvalue weighted by Gasteiger charge is 2.47. The molecule has 7 nitrogen and oxygen atoms in total. The van der Waals surface area contributed by atoms with Crippen LogP contribution in [0.1, 0.15) is 25.8 Å². The summed E-state index contributed by atoms with van der Waals surface area (Å²) in [6, 6.07) is 5.78. The van der Waals surface area contributed by atoms with Gasteiger partial charge >= 0.3 is 11.9 Å². The summed E-state index contributed by atoms with van der Waals surface area (Å²) >= 11 is 0. The van der Waals surface area contributed by atoms with Gasteiger partial charge in [-0.25, -0.2) is 0 Å². The summed E-state index contributed by atoms with van der Waals surface area (Å²) in [6.45, 7) is 3.16. The number of carbonyl (C=O) groups is 2. The van der Waals surface area contributed by atoms with E-state index in [-0.39, 0.29) is 30.7 Å². The number of carboxylic acid groups (broad SMARTS) is 1. The van der Waals surface area contributed by atoms with E-state index in [9.17, 15) is 24.8 Å². The van der Waals surface area contributed by atoms with Gasteiger partial charge in [-0.2, -0.15) is 0 Å². The Morgan fingerprint density at radius 2 is 1.95 bits per heavy atom. The Bertz CT molecular complexity index is 556. The molecule has 0 radical (unpaired) electrons. The number of para-hydroxylation sites is 1. The molecule has 0 aromatic heterocycles. The van der Waals surface area contributed by atoms with Crippen LogP contribution in [-0.2, 0) is 20.7 Å². The number of aliphatic carboxylic acids is 1. The fourth-order valence-corrected chi connectivity index (χ4v) is 2.09. The standard InChI is InChI=1S/C14H17NO6/c1-3-14(12(16)17,13(18)21-4-2)9-10-7-5-6-8-11(10)15(19)20/h5-8H,3-4,9H2,1-2H3,(H,16,17). The largest absolute Gasteiger partial charge is 0.480 e. The minimum atomic E-state index is -1.82. The highest BCUT2D eigenvalue weighted by atomic mass is 16.6. The fraction of sp³-hybridized carbons (Fsp3) is 0.429. The molecule has 114 valence electrons. The molecule has 1 aromatic carbocycles. The van der Waals surface area contributed by atoms with E-state index in [1.54, 1.807) is 19.9 Å². The molecule has 0 bridgehead atoms. The van der Waals surface area contributed by atoms with Gasteiger partial charge < -0.3 is 9.84 Å². The van der Waals surface area contributed by atoms with Crippen molar-refractivity contribution in [2.24, 2.45) is 5.41 Å². The molecule has 1 aromatic rings. The number of nitro benzene ring substituents is 1. The first kappa shape index (κ1) is 16.6. The molecule has 1 atom stereocenters. The number of ether oxygens (including phenoxy) is 1. The third kappa shape index (κ3) is 3.36. The molecule has 0 fully saturated rings. The minimum absolute atomic E-state index is 0.0206. The number of carboxylic acids is 1. The SMILES string of the molecule is CCOC(=O)C(CC)(Cc1ccccc1[N+](=O)[O-])C(=O)O. The van der Waals surface area contributed by atoms with Crippen LogP contribution in [0.4, 0.5) is 5.69 Å². The second-order valence-electron chi connectivity index (χ2n) is 4.52. The third-order valence-corrected chi connectivity index (χ3v) is 3.36. The first-order valence-corrected chi connectivity index (χ1v) is 6.52. The molecule has 1 unspecified atom stereocenters. The number of nitro groups is 1. The monoisotopic (exact) mass is 295 g/mol. The van der Waals surface area contributed by atoms with Gasteiger partial charge in [0.25, 0.3) is 5.69 Å². The lowest BCUT2D eigenvalue weighted by Crippen LogP contribution is -2.42. The van der Waals surface area contributed by atoms with Crippen LogP contribution in [0.3, 0.4) is 0 Å². The fourth-order valence-electron chi connectivity index (χ4n) is 2.09. The number of esters is 1. The van der Waals surface area contributed by atoms with Crippen molar-refractivity contribution in [1.82, 2.24) is 0 Å². The highest BCUT2D eigenvalue weighted by Crippen LogP contribution is 2.33. The van der Waals surface area contributed by atoms with Crippen LogP contribution in [-0.4, -0.2) is 28.6 Å². The maximum atomic E-state index is 12.1. The van der Waals surface area contributed by atoms with E-state index >= 15 is 0 Å². The number of nitrogens with zero attached hydrogens (tertiary/aromatic N) is 1. The van der Waals surface area contributed by atoms with Crippen molar-refractivity contribution >= 4 is 17.6 Å². The Hall–Kier alpha value is -2.44. The molecule has 0 aliphatic rings. The van der Waals surface area contributed by atoms with Gasteiger partial charge in [-0.15, -0.1) is 0 Å². The predicted molar refractivity (Wildman–Crippen MR) is 73.8 cm³/mol. The Balaban J connectivity index is 3.28. The van der Waals surface area contributed by atoms with Crippen LogP contribution >= 0.6 is 0 Å². The molecule has 0 saturated heterocycles. The normalized spacial score (nSPS) is 13.2. The summed E-state index contributed by atoms with van der Waals surface area (Å²) in [5.74, 6) is -2.22. The summed E-state index contributed by atoms with van der Waals surface area (Å²) < 4.78 is 4.84. The molecule has 0 aliphatic carbocycles. The number of hydrogen-bond donors (Lipinski definition) is 1. The third-order valence-electron chi connectivity index (χ3n) is 3.36. The van der Waals surface area contributed by atoms with Gasteiger partial charge in [0.2, 0.25) is 0 Å². The van der Waals surface area contributed by atoms with Gasteiger partial charge in [0, 0.05) is 18.1 Å². The van der Waals surface area contributed by atoms with Crippen LogP contribution in [0.5, 0.6) is 0 Å². The molecule has 1 rings (SSSR count). The first-order chi connectivity index (χ1) is 9.89. The molecule has 1 N–H and O–H groups in total. The molecule has 21 heavy (non-hydrogen) atoms. The zero-order chi connectivity index (χ0) is 16.0. The molecule has 7 heteroatoms. The van der Waals surface area contributed by atoms with Crippen molar-refractivity contribution in [1.29, 1.82) is 0 Å². The van der Waals surface area contributed by atoms with Crippen LogP contribution in [0.15, 0.2) is 24.3 Å². The first-order valence-electron chi connectivity index (χ1n) is 6.52. The van der Waals surface area contributed by atoms with Crippen molar-refractivity contribution < 1.29 is 24.4 Å². The Kier molecular flexibility index (Phi) is 5.40. The van der Waals surface area contributed by atoms with Gasteiger partial charge in [0.15, 0.2) is 5.41 Å². The van der Waals surface area contributed by atoms with Crippen LogP contribution < -0.4 is 0 Å². The summed E-state index contributed by atoms with van der Waals surface area (Å²) in [7, 11) is 0. The van der Waals surface area contributed by atoms with E-state index < -0.39 is 22.3 Å². The minimum Gasteiger partial charge on any atom is -0.480 e. The Morgan fingerprint density at radius 3 is 2.43 bits per heavy atom. The average Bonchev–Trinajstić information content (AvgIpc) is 2.44. The summed E-state index contributed by atoms with van der Waals surface area (Å²) in [5, 5.41) is 20.4. The predicted octanol–water partition coefficient (Wildman–Crippen LogP) is 2.18. The van der Waals surface area contributed by atoms with Gasteiger partial charge in [0.1, 0.15) is 0 Å². The lowest BCUT2D eigenvalue weighted by atomic mass is 9.79. The molecule has 0 aliphatic heterocycles. The van der Waals surface area contributed by atoms with Crippen molar-refractivity contribution in [2.75, 3.05) is 6.61 Å². The van der Waals surface area contributed by atoms with Crippen LogP contribution in [0.2, 0.25) is 0 Å². The topological polar surface area (TPSA) is 107 Å². The van der Waals surface area contributed by atoms with Crippen molar-refractivity contribution in [3.05, 3.63) is 39.9 Å². The lowest BCUT2D eigenvalue weighted by molar-refractivity contribution is -0.385. The Morgan fingerprint density at radius 1 is 1.33 bits per heavy atom. The number of hydrogen-bond acceptors (Lipinski definition) is 5. The van der Waals surface area contributed by atoms with Gasteiger partial charge in [0.05, 0.1) is 11.5 Å². The molecular formula is C14H17NO6. The van der Waals surface area contributed by atoms with Crippen LogP contribution in [0.25, 0.3) is 0 Å². The summed E-state index contributed by atoms with van der Waals surface area (Å²) in [4.78, 5) is 34.0. The van der Waals surface area contributed by atoms with E-state index in [4.69, 9.17) is 4.74 Å². The smallest absolute Gasteiger partial charge is 0.323 e. The van der Waals surface area contributed by atoms with Gasteiger partial charge in [-0.05, 0) is 13.3 Å². The highest BCUT2D eigenvalue weighted by molar-refractivity contribution is 5.99. The van der Waals surface area contributed by atoms with Gasteiger partial charge in [-0.1, -0.05) is 25.1 Å². The van der Waals surface area contributed by atoms with E-state index in [0.717, 1.165) is 0 Å². The van der Waals surface area contributed by atoms with Crippen molar-refractivity contribution in [2.45, 2.75) is 26.7 Å². The zero-order valence-corrected chi connectivity index (χ0v) is 11.9. The second kappa shape index (κ2) is 6.83. The number of carbonyl (C=O) groups excluding carboxylic acids is 1. The van der Waals surface area contributed by atoms with E-state index in [1.807, 2.05) is 0 Å². The molecule has 0 saturated carbocycles. The molecular weight excluding hydrogens is 278 g/mol. The van der Waals surface area contributed by atoms with Crippen LogP contribution in [0, 0.1) is 15.5 Å².